The van der Waals surface area contributed by atoms with E-state index < -0.39 is 8.07 Å². The molecule has 2 atom stereocenters. The third-order valence-corrected chi connectivity index (χ3v) is 8.36. The first-order chi connectivity index (χ1) is 10.1. The molecule has 2 aromatic carbocycles. The smallest absolute Gasteiger partial charge is 0.0883 e. The highest BCUT2D eigenvalue weighted by Gasteiger charge is 2.37. The normalized spacial score (nSPS) is 14.0. The van der Waals surface area contributed by atoms with Crippen LogP contribution in [0.15, 0.2) is 65.8 Å². The quantitative estimate of drug-likeness (QED) is 0.254. The maximum absolute atomic E-state index is 8.84. The maximum Gasteiger partial charge on any atom is 0.0883 e. The van der Waals surface area contributed by atoms with Crippen LogP contribution in [0.25, 0.3) is 10.4 Å². The Bertz CT molecular complexity index is 619. The molecular formula is C17H21N3Si. The summed E-state index contributed by atoms with van der Waals surface area (Å²) < 4.78 is 0. The highest BCUT2D eigenvalue weighted by Crippen LogP contribution is 2.32. The van der Waals surface area contributed by atoms with Crippen molar-refractivity contribution < 1.29 is 0 Å². The average Bonchev–Trinajstić information content (AvgIpc) is 2.49. The zero-order chi connectivity index (χ0) is 15.3. The molecular weight excluding hydrogens is 275 g/mol. The van der Waals surface area contributed by atoms with Crippen LogP contribution in [-0.2, 0) is 0 Å². The van der Waals surface area contributed by atoms with Crippen molar-refractivity contribution in [2.24, 2.45) is 5.11 Å². The van der Waals surface area contributed by atoms with Crippen molar-refractivity contribution in [3.05, 3.63) is 76.7 Å². The Balaban J connectivity index is 2.51. The second kappa shape index (κ2) is 6.61. The van der Waals surface area contributed by atoms with Crippen LogP contribution in [0.2, 0.25) is 13.1 Å². The van der Waals surface area contributed by atoms with Gasteiger partial charge in [-0.3, -0.25) is 0 Å². The lowest BCUT2D eigenvalue weighted by molar-refractivity contribution is 0.688. The lowest BCUT2D eigenvalue weighted by Crippen LogP contribution is -2.50. The van der Waals surface area contributed by atoms with Crippen LogP contribution < -0.4 is 5.19 Å². The van der Waals surface area contributed by atoms with Gasteiger partial charge in [-0.05, 0) is 16.6 Å². The van der Waals surface area contributed by atoms with Crippen LogP contribution in [0.1, 0.15) is 18.0 Å². The molecule has 0 unspecified atom stereocenters. The summed E-state index contributed by atoms with van der Waals surface area (Å²) in [5, 5.41) is 5.40. The molecule has 2 aromatic rings. The van der Waals surface area contributed by atoms with Crippen molar-refractivity contribution in [1.29, 1.82) is 0 Å². The van der Waals surface area contributed by atoms with E-state index in [9.17, 15) is 0 Å². The monoisotopic (exact) mass is 296 g/mol. The third kappa shape index (κ3) is 3.35. The molecule has 3 nitrogen and oxygen atoms in total. The molecule has 0 amide bonds. The van der Waals surface area contributed by atoms with Gasteiger partial charge < -0.3 is 0 Å². The predicted molar refractivity (Wildman–Crippen MR) is 91.3 cm³/mol. The van der Waals surface area contributed by atoms with E-state index in [-0.39, 0.29) is 11.6 Å². The van der Waals surface area contributed by atoms with Crippen molar-refractivity contribution >= 4 is 13.3 Å². The van der Waals surface area contributed by atoms with Crippen molar-refractivity contribution in [2.45, 2.75) is 31.6 Å². The second-order valence-corrected chi connectivity index (χ2v) is 10.6. The summed E-state index contributed by atoms with van der Waals surface area (Å²) in [4.78, 5) is 3.04. The lowest BCUT2D eigenvalue weighted by Gasteiger charge is -2.36. The minimum atomic E-state index is -1.81. The van der Waals surface area contributed by atoms with Crippen LogP contribution >= 0.6 is 0 Å². The first kappa shape index (κ1) is 15.4. The number of rotatable bonds is 5. The molecule has 0 bridgehead atoms. The van der Waals surface area contributed by atoms with E-state index in [4.69, 9.17) is 5.53 Å². The second-order valence-electron chi connectivity index (χ2n) is 5.92. The number of azide groups is 1. The van der Waals surface area contributed by atoms with Crippen molar-refractivity contribution in [2.75, 3.05) is 0 Å². The number of hydrogen-bond donors (Lipinski definition) is 0. The van der Waals surface area contributed by atoms with E-state index in [2.05, 4.69) is 71.7 Å². The fourth-order valence-electron chi connectivity index (χ4n) is 3.15. The summed E-state index contributed by atoms with van der Waals surface area (Å²) in [6.07, 6.45) is 0. The first-order valence-electron chi connectivity index (χ1n) is 7.22. The molecule has 0 saturated carbocycles. The molecule has 0 radical (unpaired) electrons. The number of hydrogen-bond acceptors (Lipinski definition) is 1. The summed E-state index contributed by atoms with van der Waals surface area (Å²) in [6.45, 7) is 6.72. The number of nitrogens with zero attached hydrogens (tertiary/aromatic N) is 3. The van der Waals surface area contributed by atoms with Gasteiger partial charge in [0.2, 0.25) is 0 Å². The highest BCUT2D eigenvalue weighted by atomic mass is 28.3. The summed E-state index contributed by atoms with van der Waals surface area (Å²) >= 11 is 0. The zero-order valence-corrected chi connectivity index (χ0v) is 13.8. The van der Waals surface area contributed by atoms with E-state index in [1.165, 1.54) is 10.8 Å². The third-order valence-electron chi connectivity index (χ3n) is 4.17. The molecule has 0 heterocycles. The molecule has 4 heteroatoms. The van der Waals surface area contributed by atoms with E-state index in [1.54, 1.807) is 0 Å². The summed E-state index contributed by atoms with van der Waals surface area (Å²) in [6, 6.07) is 21.0. The molecule has 0 spiro atoms. The molecule has 0 aliphatic rings. The van der Waals surface area contributed by atoms with Crippen LogP contribution in [-0.4, -0.2) is 14.1 Å². The standard InChI is InChI=1S/C17H21N3Si/c1-14(19-20-18)17(15-10-6-4-7-11-15)21(2,3)16-12-8-5-9-13-16/h4-14,17H,1-3H3/t14-,17+/m0/s1/i19+1. The topological polar surface area (TPSA) is 48.8 Å². The van der Waals surface area contributed by atoms with Gasteiger partial charge in [-0.15, -0.1) is 0 Å². The van der Waals surface area contributed by atoms with E-state index in [0.29, 0.717) is 0 Å². The fraction of sp³-hybridized carbons (Fsp3) is 0.294. The maximum atomic E-state index is 8.84. The van der Waals surface area contributed by atoms with Gasteiger partial charge in [-0.1, -0.05) is 91.0 Å². The first-order valence-corrected chi connectivity index (χ1v) is 10.3. The zero-order valence-electron chi connectivity index (χ0n) is 12.8. The average molecular weight is 296 g/mol. The van der Waals surface area contributed by atoms with Crippen LogP contribution in [0.4, 0.5) is 0 Å². The van der Waals surface area contributed by atoms with Crippen molar-refractivity contribution in [3.63, 3.8) is 0 Å². The largest absolute Gasteiger partial charge is 0.0906 e. The van der Waals surface area contributed by atoms with E-state index in [0.717, 1.165) is 0 Å². The molecule has 0 aromatic heterocycles. The van der Waals surface area contributed by atoms with Crippen molar-refractivity contribution in [3.8, 4) is 0 Å². The van der Waals surface area contributed by atoms with Gasteiger partial charge in [0.15, 0.2) is 0 Å². The van der Waals surface area contributed by atoms with Gasteiger partial charge in [-0.25, -0.2) is 0 Å². The Hall–Kier alpha value is -2.03. The molecule has 108 valence electrons. The van der Waals surface area contributed by atoms with Gasteiger partial charge >= 0.3 is 0 Å². The minimum Gasteiger partial charge on any atom is -0.0906 e. The van der Waals surface area contributed by atoms with E-state index >= 15 is 0 Å². The molecule has 2 rings (SSSR count). The minimum absolute atomic E-state index is 0.0562. The van der Waals surface area contributed by atoms with Gasteiger partial charge in [0.05, 0.1) is 8.07 Å². The van der Waals surface area contributed by atoms with Crippen LogP contribution in [0, 0.1) is 0 Å². The Morgan fingerprint density at radius 3 is 2.00 bits per heavy atom. The SMILES string of the molecule is C[C@H]([15N]=[N+]=[N-])[C@H](c1ccccc1)[Si](C)(C)c1ccccc1. The molecule has 0 aliphatic carbocycles. The molecule has 0 fully saturated rings. The highest BCUT2D eigenvalue weighted by molar-refractivity contribution is 6.91. The Morgan fingerprint density at radius 2 is 1.48 bits per heavy atom. The Kier molecular flexibility index (Phi) is 4.84. The summed E-state index contributed by atoms with van der Waals surface area (Å²) in [7, 11) is -1.81. The van der Waals surface area contributed by atoms with Gasteiger partial charge in [0.1, 0.15) is 0 Å². The Labute approximate surface area is 127 Å². The van der Waals surface area contributed by atoms with E-state index in [1.807, 2.05) is 19.1 Å². The van der Waals surface area contributed by atoms with Crippen molar-refractivity contribution in [1.82, 2.24) is 0 Å². The molecule has 21 heavy (non-hydrogen) atoms. The predicted octanol–water partition coefficient (Wildman–Crippen LogP) is 4.62. The fourth-order valence-corrected chi connectivity index (χ4v) is 6.86. The summed E-state index contributed by atoms with van der Waals surface area (Å²) in [5.74, 6) is 0. The molecule has 0 N–H and O–H groups in total. The lowest BCUT2D eigenvalue weighted by atomic mass is 10.1. The van der Waals surface area contributed by atoms with Gasteiger partial charge in [0.25, 0.3) is 0 Å². The Morgan fingerprint density at radius 1 is 0.952 bits per heavy atom. The molecule has 0 aliphatic heterocycles. The van der Waals surface area contributed by atoms with Gasteiger partial charge in [-0.2, -0.15) is 0 Å². The van der Waals surface area contributed by atoms with Crippen LogP contribution in [0.3, 0.4) is 0 Å². The number of benzene rings is 2. The van der Waals surface area contributed by atoms with Crippen LogP contribution in [0.5, 0.6) is 0 Å². The summed E-state index contributed by atoms with van der Waals surface area (Å²) in [5.41, 5.74) is 10.4. The molecule has 0 saturated heterocycles. The van der Waals surface area contributed by atoms with Gasteiger partial charge in [0, 0.05) is 11.0 Å².